The molecule has 0 unspecified atom stereocenters. The van der Waals surface area contributed by atoms with Crippen molar-refractivity contribution in [1.82, 2.24) is 5.32 Å². The van der Waals surface area contributed by atoms with Gasteiger partial charge in [0.05, 0.1) is 6.10 Å². The van der Waals surface area contributed by atoms with Crippen LogP contribution in [0.2, 0.25) is 0 Å². The summed E-state index contributed by atoms with van der Waals surface area (Å²) in [5.74, 6) is 0.739. The van der Waals surface area contributed by atoms with Gasteiger partial charge in [-0.2, -0.15) is 0 Å². The van der Waals surface area contributed by atoms with E-state index in [2.05, 4.69) is 19.2 Å². The van der Waals surface area contributed by atoms with Gasteiger partial charge in [-0.25, -0.2) is 0 Å². The third-order valence-corrected chi connectivity index (χ3v) is 1.95. The molecule has 1 aliphatic rings. The number of hydrogen-bond donors (Lipinski definition) is 2. The van der Waals surface area contributed by atoms with Gasteiger partial charge in [-0.3, -0.25) is 0 Å². The van der Waals surface area contributed by atoms with Crippen molar-refractivity contribution in [2.75, 3.05) is 6.54 Å². The molecule has 2 nitrogen and oxygen atoms in total. The van der Waals surface area contributed by atoms with E-state index in [-0.39, 0.29) is 6.10 Å². The minimum Gasteiger partial charge on any atom is -0.392 e. The predicted molar refractivity (Wildman–Crippen MR) is 41.9 cm³/mol. The van der Waals surface area contributed by atoms with Crippen LogP contribution in [0.3, 0.4) is 0 Å². The van der Waals surface area contributed by atoms with E-state index in [1.165, 1.54) is 6.42 Å². The lowest BCUT2D eigenvalue weighted by atomic mass is 10.0. The molecule has 1 rings (SSSR count). The van der Waals surface area contributed by atoms with Crippen molar-refractivity contribution < 1.29 is 5.11 Å². The monoisotopic (exact) mass is 143 g/mol. The molecule has 0 amide bonds. The number of rotatable bonds is 2. The van der Waals surface area contributed by atoms with Gasteiger partial charge in [-0.1, -0.05) is 13.8 Å². The molecule has 0 aromatic carbocycles. The Morgan fingerprint density at radius 3 is 2.70 bits per heavy atom. The molecule has 0 spiro atoms. The first-order chi connectivity index (χ1) is 4.68. The summed E-state index contributed by atoms with van der Waals surface area (Å²) in [6, 6.07) is 0.565. The minimum absolute atomic E-state index is 0.0938. The smallest absolute Gasteiger partial charge is 0.0679 e. The summed E-state index contributed by atoms with van der Waals surface area (Å²) in [5, 5.41) is 12.4. The number of hydrogen-bond acceptors (Lipinski definition) is 2. The summed E-state index contributed by atoms with van der Waals surface area (Å²) in [4.78, 5) is 0. The number of nitrogens with one attached hydrogen (secondary N) is 1. The largest absolute Gasteiger partial charge is 0.392 e. The minimum atomic E-state index is -0.0938. The summed E-state index contributed by atoms with van der Waals surface area (Å²) in [6.45, 7) is 5.22. The Bertz CT molecular complexity index is 103. The Hall–Kier alpha value is -0.0800. The molecule has 1 saturated heterocycles. The quantitative estimate of drug-likeness (QED) is 0.598. The standard InChI is InChI=1S/C8H17NO/c1-6(2)3-7-4-8(10)5-9-7/h6-10H,3-5H2,1-2H3/t7-,8-/m1/s1. The van der Waals surface area contributed by atoms with E-state index in [9.17, 15) is 0 Å². The predicted octanol–water partition coefficient (Wildman–Crippen LogP) is 0.755. The van der Waals surface area contributed by atoms with Crippen LogP contribution in [0.4, 0.5) is 0 Å². The van der Waals surface area contributed by atoms with Crippen molar-refractivity contribution in [1.29, 1.82) is 0 Å². The topological polar surface area (TPSA) is 32.3 Å². The van der Waals surface area contributed by atoms with Crippen LogP contribution in [0.25, 0.3) is 0 Å². The fourth-order valence-corrected chi connectivity index (χ4v) is 1.55. The second-order valence-corrected chi connectivity index (χ2v) is 3.62. The lowest BCUT2D eigenvalue weighted by Gasteiger charge is -2.11. The summed E-state index contributed by atoms with van der Waals surface area (Å²) >= 11 is 0. The van der Waals surface area contributed by atoms with Gasteiger partial charge >= 0.3 is 0 Å². The molecule has 0 bridgehead atoms. The lowest BCUT2D eigenvalue weighted by molar-refractivity contribution is 0.192. The van der Waals surface area contributed by atoms with Crippen LogP contribution in [0.1, 0.15) is 26.7 Å². The Morgan fingerprint density at radius 1 is 1.60 bits per heavy atom. The molecule has 2 atom stereocenters. The zero-order chi connectivity index (χ0) is 7.56. The zero-order valence-electron chi connectivity index (χ0n) is 6.80. The summed E-state index contributed by atoms with van der Waals surface area (Å²) < 4.78 is 0. The van der Waals surface area contributed by atoms with Gasteiger partial charge in [0.15, 0.2) is 0 Å². The molecule has 0 saturated carbocycles. The molecule has 0 radical (unpaired) electrons. The van der Waals surface area contributed by atoms with Gasteiger partial charge in [0.1, 0.15) is 0 Å². The molecule has 60 valence electrons. The second-order valence-electron chi connectivity index (χ2n) is 3.62. The molecule has 0 aromatic heterocycles. The maximum absolute atomic E-state index is 9.15. The van der Waals surface area contributed by atoms with Crippen LogP contribution in [0, 0.1) is 5.92 Å². The second kappa shape index (κ2) is 3.35. The van der Waals surface area contributed by atoms with Crippen molar-refractivity contribution in [3.63, 3.8) is 0 Å². The first kappa shape index (κ1) is 8.02. The summed E-state index contributed by atoms with van der Waals surface area (Å²) in [7, 11) is 0. The lowest BCUT2D eigenvalue weighted by Crippen LogP contribution is -2.22. The third-order valence-electron chi connectivity index (χ3n) is 1.95. The van der Waals surface area contributed by atoms with Crippen LogP contribution < -0.4 is 5.32 Å². The highest BCUT2D eigenvalue weighted by Gasteiger charge is 2.21. The van der Waals surface area contributed by atoms with Crippen LogP contribution in [-0.4, -0.2) is 23.8 Å². The van der Waals surface area contributed by atoms with Crippen molar-refractivity contribution in [3.8, 4) is 0 Å². The van der Waals surface area contributed by atoms with Crippen molar-refractivity contribution in [3.05, 3.63) is 0 Å². The average Bonchev–Trinajstić information content (AvgIpc) is 2.13. The third kappa shape index (κ3) is 2.27. The average molecular weight is 143 g/mol. The van der Waals surface area contributed by atoms with E-state index in [4.69, 9.17) is 5.11 Å². The van der Waals surface area contributed by atoms with E-state index in [1.54, 1.807) is 0 Å². The highest BCUT2D eigenvalue weighted by Crippen LogP contribution is 2.14. The summed E-state index contributed by atoms with van der Waals surface area (Å²) in [6.07, 6.45) is 2.04. The normalized spacial score (nSPS) is 33.6. The zero-order valence-corrected chi connectivity index (χ0v) is 6.80. The molecular formula is C8H17NO. The molecule has 10 heavy (non-hydrogen) atoms. The van der Waals surface area contributed by atoms with Gasteiger partial charge in [-0.15, -0.1) is 0 Å². The Kier molecular flexibility index (Phi) is 2.69. The summed E-state index contributed by atoms with van der Waals surface area (Å²) in [5.41, 5.74) is 0. The molecule has 2 N–H and O–H groups in total. The molecule has 1 aliphatic heterocycles. The molecule has 0 aromatic rings. The first-order valence-corrected chi connectivity index (χ1v) is 4.10. The molecule has 1 heterocycles. The van der Waals surface area contributed by atoms with E-state index < -0.39 is 0 Å². The van der Waals surface area contributed by atoms with Gasteiger partial charge < -0.3 is 10.4 Å². The van der Waals surface area contributed by atoms with Crippen LogP contribution in [-0.2, 0) is 0 Å². The molecule has 2 heteroatoms. The Balaban J connectivity index is 2.18. The van der Waals surface area contributed by atoms with Gasteiger partial charge in [0.25, 0.3) is 0 Å². The van der Waals surface area contributed by atoms with Gasteiger partial charge in [0, 0.05) is 12.6 Å². The van der Waals surface area contributed by atoms with Crippen molar-refractivity contribution in [2.45, 2.75) is 38.8 Å². The Morgan fingerprint density at radius 2 is 2.30 bits per heavy atom. The van der Waals surface area contributed by atoms with E-state index in [0.717, 1.165) is 18.9 Å². The highest BCUT2D eigenvalue weighted by molar-refractivity contribution is 4.81. The van der Waals surface area contributed by atoms with Crippen LogP contribution in [0.5, 0.6) is 0 Å². The molecular weight excluding hydrogens is 126 g/mol. The number of aliphatic hydroxyl groups is 1. The van der Waals surface area contributed by atoms with Gasteiger partial charge in [0.2, 0.25) is 0 Å². The molecule has 1 fully saturated rings. The fourth-order valence-electron chi connectivity index (χ4n) is 1.55. The number of aliphatic hydroxyl groups excluding tert-OH is 1. The SMILES string of the molecule is CC(C)C[C@@H]1C[C@@H](O)CN1. The number of β-amino-alcohol motifs (C(OH)–C–C–N with tert-alkyl or cyclic N) is 1. The molecule has 0 aliphatic carbocycles. The Labute approximate surface area is 62.6 Å². The van der Waals surface area contributed by atoms with Crippen LogP contribution >= 0.6 is 0 Å². The maximum atomic E-state index is 9.15. The van der Waals surface area contributed by atoms with E-state index in [1.807, 2.05) is 0 Å². The maximum Gasteiger partial charge on any atom is 0.0679 e. The van der Waals surface area contributed by atoms with E-state index >= 15 is 0 Å². The van der Waals surface area contributed by atoms with Crippen molar-refractivity contribution in [2.24, 2.45) is 5.92 Å². The first-order valence-electron chi connectivity index (χ1n) is 4.10. The highest BCUT2D eigenvalue weighted by atomic mass is 16.3. The van der Waals surface area contributed by atoms with Crippen molar-refractivity contribution >= 4 is 0 Å². The van der Waals surface area contributed by atoms with Crippen LogP contribution in [0.15, 0.2) is 0 Å². The fraction of sp³-hybridized carbons (Fsp3) is 1.00. The van der Waals surface area contributed by atoms with E-state index in [0.29, 0.717) is 6.04 Å². The van der Waals surface area contributed by atoms with Gasteiger partial charge in [-0.05, 0) is 18.8 Å².